The first-order valence-corrected chi connectivity index (χ1v) is 4.72. The van der Waals surface area contributed by atoms with E-state index in [1.807, 2.05) is 6.92 Å². The summed E-state index contributed by atoms with van der Waals surface area (Å²) in [6, 6.07) is 7.11. The minimum absolute atomic E-state index is 0.402. The third kappa shape index (κ3) is 1.80. The average molecular weight is 207 g/mol. The van der Waals surface area contributed by atoms with Crippen molar-refractivity contribution in [3.63, 3.8) is 0 Å². The Bertz CT molecular complexity index is 385. The molecule has 0 amide bonds. The molecular formula is C11H13NO3. The van der Waals surface area contributed by atoms with Crippen molar-refractivity contribution in [3.8, 4) is 5.75 Å². The number of hydrogen-bond acceptors (Lipinski definition) is 4. The summed E-state index contributed by atoms with van der Waals surface area (Å²) in [5.74, 6) is -0.561. The first-order valence-electron chi connectivity index (χ1n) is 4.72. The zero-order valence-electron chi connectivity index (χ0n) is 8.73. The number of rotatable bonds is 2. The highest BCUT2D eigenvalue weighted by Crippen LogP contribution is 2.32. The van der Waals surface area contributed by atoms with Crippen LogP contribution < -0.4 is 4.74 Å². The van der Waals surface area contributed by atoms with Gasteiger partial charge in [-0.15, -0.1) is 0 Å². The van der Waals surface area contributed by atoms with Crippen molar-refractivity contribution in [1.82, 2.24) is 0 Å². The van der Waals surface area contributed by atoms with Crippen molar-refractivity contribution in [2.75, 3.05) is 7.11 Å². The lowest BCUT2D eigenvalue weighted by atomic mass is 10.0. The van der Waals surface area contributed by atoms with Gasteiger partial charge < -0.3 is 14.7 Å². The Labute approximate surface area is 88.1 Å². The van der Waals surface area contributed by atoms with Gasteiger partial charge in [0.25, 0.3) is 5.79 Å². The molecule has 4 heteroatoms. The molecule has 4 nitrogen and oxygen atoms in total. The number of methoxy groups -OCH3 is 1. The highest BCUT2D eigenvalue weighted by atomic mass is 16.7. The molecule has 1 aromatic carbocycles. The normalized spacial score (nSPS) is 24.6. The van der Waals surface area contributed by atoms with Gasteiger partial charge in [-0.1, -0.05) is 5.16 Å². The van der Waals surface area contributed by atoms with Crippen molar-refractivity contribution in [2.45, 2.75) is 19.1 Å². The second-order valence-corrected chi connectivity index (χ2v) is 3.61. The number of benzene rings is 1. The molecule has 1 atom stereocenters. The highest BCUT2D eigenvalue weighted by molar-refractivity contribution is 5.83. The quantitative estimate of drug-likeness (QED) is 0.802. The summed E-state index contributed by atoms with van der Waals surface area (Å²) < 4.78 is 5.03. The summed E-state index contributed by atoms with van der Waals surface area (Å²) in [6.45, 7) is 1.82. The Morgan fingerprint density at radius 1 is 1.40 bits per heavy atom. The number of ether oxygens (including phenoxy) is 1. The van der Waals surface area contributed by atoms with E-state index < -0.39 is 5.79 Å². The van der Waals surface area contributed by atoms with Crippen molar-refractivity contribution in [3.05, 3.63) is 29.8 Å². The van der Waals surface area contributed by atoms with Gasteiger partial charge >= 0.3 is 0 Å². The van der Waals surface area contributed by atoms with Gasteiger partial charge in [-0.2, -0.15) is 0 Å². The lowest BCUT2D eigenvalue weighted by molar-refractivity contribution is -0.193. The van der Waals surface area contributed by atoms with Crippen LogP contribution in [0, 0.1) is 0 Å². The maximum absolute atomic E-state index is 10.1. The van der Waals surface area contributed by atoms with Crippen LogP contribution in [0.4, 0.5) is 0 Å². The predicted octanol–water partition coefficient (Wildman–Crippen LogP) is 1.64. The van der Waals surface area contributed by atoms with Gasteiger partial charge in [-0.25, -0.2) is 0 Å². The number of nitrogens with zero attached hydrogens (tertiary/aromatic N) is 1. The Morgan fingerprint density at radius 3 is 2.53 bits per heavy atom. The van der Waals surface area contributed by atoms with E-state index in [0.29, 0.717) is 12.0 Å². The van der Waals surface area contributed by atoms with Crippen LogP contribution in [0.1, 0.15) is 18.9 Å². The van der Waals surface area contributed by atoms with Gasteiger partial charge in [-0.3, -0.25) is 0 Å². The highest BCUT2D eigenvalue weighted by Gasteiger charge is 2.37. The zero-order chi connectivity index (χ0) is 10.9. The van der Waals surface area contributed by atoms with Crippen LogP contribution in [0.2, 0.25) is 0 Å². The minimum Gasteiger partial charge on any atom is -0.497 e. The standard InChI is InChI=1S/C11H13NO3/c1-8-7-11(13,15-12-8)9-3-5-10(14-2)6-4-9/h3-6,13H,7H2,1-2H3. The topological polar surface area (TPSA) is 51.0 Å². The third-order valence-corrected chi connectivity index (χ3v) is 2.39. The molecule has 15 heavy (non-hydrogen) atoms. The number of aliphatic hydroxyl groups is 1. The van der Waals surface area contributed by atoms with Crippen LogP contribution >= 0.6 is 0 Å². The molecule has 80 valence electrons. The molecule has 0 saturated carbocycles. The summed E-state index contributed by atoms with van der Waals surface area (Å²) in [7, 11) is 1.60. The predicted molar refractivity (Wildman–Crippen MR) is 55.7 cm³/mol. The van der Waals surface area contributed by atoms with E-state index in [0.717, 1.165) is 11.5 Å². The molecule has 0 spiro atoms. The Balaban J connectivity index is 2.23. The lowest BCUT2D eigenvalue weighted by Crippen LogP contribution is -2.24. The Morgan fingerprint density at radius 2 is 2.07 bits per heavy atom. The largest absolute Gasteiger partial charge is 0.497 e. The van der Waals surface area contributed by atoms with Crippen LogP contribution in [0.15, 0.2) is 29.4 Å². The fourth-order valence-electron chi connectivity index (χ4n) is 1.57. The lowest BCUT2D eigenvalue weighted by Gasteiger charge is -2.20. The first kappa shape index (κ1) is 9.98. The molecule has 0 aliphatic carbocycles. The zero-order valence-corrected chi connectivity index (χ0v) is 8.73. The summed E-state index contributed by atoms with van der Waals surface area (Å²) in [4.78, 5) is 5.01. The Kier molecular flexibility index (Phi) is 2.36. The first-order chi connectivity index (χ1) is 7.14. The molecule has 0 fully saturated rings. The van der Waals surface area contributed by atoms with Crippen LogP contribution in [0.25, 0.3) is 0 Å². The Hall–Kier alpha value is -1.55. The third-order valence-electron chi connectivity index (χ3n) is 2.39. The van der Waals surface area contributed by atoms with E-state index in [1.165, 1.54) is 0 Å². The number of oxime groups is 1. The molecular weight excluding hydrogens is 194 g/mol. The van der Waals surface area contributed by atoms with Crippen molar-refractivity contribution in [2.24, 2.45) is 5.16 Å². The number of hydrogen-bond donors (Lipinski definition) is 1. The molecule has 1 aromatic rings. The van der Waals surface area contributed by atoms with Gasteiger partial charge in [0, 0.05) is 5.56 Å². The van der Waals surface area contributed by atoms with Crippen LogP contribution in [-0.2, 0) is 10.6 Å². The van der Waals surface area contributed by atoms with Crippen LogP contribution in [0.5, 0.6) is 5.75 Å². The van der Waals surface area contributed by atoms with Gasteiger partial charge in [0.2, 0.25) is 0 Å². The maximum atomic E-state index is 10.1. The molecule has 1 heterocycles. The SMILES string of the molecule is COc1ccc(C2(O)CC(C)=NO2)cc1. The van der Waals surface area contributed by atoms with Crippen LogP contribution in [-0.4, -0.2) is 17.9 Å². The van der Waals surface area contributed by atoms with E-state index in [-0.39, 0.29) is 0 Å². The van der Waals surface area contributed by atoms with Crippen molar-refractivity contribution >= 4 is 5.71 Å². The van der Waals surface area contributed by atoms with Gasteiger partial charge in [0.05, 0.1) is 19.2 Å². The molecule has 2 rings (SSSR count). The molecule has 1 unspecified atom stereocenters. The average Bonchev–Trinajstić information content (AvgIpc) is 2.60. The van der Waals surface area contributed by atoms with E-state index >= 15 is 0 Å². The molecule has 1 N–H and O–H groups in total. The smallest absolute Gasteiger partial charge is 0.266 e. The van der Waals surface area contributed by atoms with Gasteiger partial charge in [-0.05, 0) is 31.2 Å². The van der Waals surface area contributed by atoms with Gasteiger partial charge in [0.15, 0.2) is 0 Å². The molecule has 1 aliphatic rings. The summed E-state index contributed by atoms with van der Waals surface area (Å²) in [5.41, 5.74) is 1.47. The van der Waals surface area contributed by atoms with Gasteiger partial charge in [0.1, 0.15) is 5.75 Å². The summed E-state index contributed by atoms with van der Waals surface area (Å²) in [6.07, 6.45) is 0.402. The fourth-order valence-corrected chi connectivity index (χ4v) is 1.57. The molecule has 0 radical (unpaired) electrons. The molecule has 0 saturated heterocycles. The van der Waals surface area contributed by atoms with Crippen molar-refractivity contribution < 1.29 is 14.7 Å². The fraction of sp³-hybridized carbons (Fsp3) is 0.364. The second-order valence-electron chi connectivity index (χ2n) is 3.61. The van der Waals surface area contributed by atoms with E-state index in [9.17, 15) is 5.11 Å². The molecule has 1 aliphatic heterocycles. The monoisotopic (exact) mass is 207 g/mol. The van der Waals surface area contributed by atoms with Crippen LogP contribution in [0.3, 0.4) is 0 Å². The van der Waals surface area contributed by atoms with Crippen molar-refractivity contribution in [1.29, 1.82) is 0 Å². The maximum Gasteiger partial charge on any atom is 0.266 e. The van der Waals surface area contributed by atoms with E-state index in [2.05, 4.69) is 5.16 Å². The molecule has 0 aromatic heterocycles. The summed E-state index contributed by atoms with van der Waals surface area (Å²) in [5, 5.41) is 13.9. The van der Waals surface area contributed by atoms with E-state index in [1.54, 1.807) is 31.4 Å². The molecule has 0 bridgehead atoms. The van der Waals surface area contributed by atoms with E-state index in [4.69, 9.17) is 9.57 Å². The summed E-state index contributed by atoms with van der Waals surface area (Å²) >= 11 is 0. The minimum atomic E-state index is -1.31. The second kappa shape index (κ2) is 3.55.